The third-order valence-electron chi connectivity index (χ3n) is 4.21. The van der Waals surface area contributed by atoms with Crippen molar-refractivity contribution >= 4 is 51.2 Å². The number of carbonyl (C=O) groups excluding carboxylic acids is 2. The summed E-state index contributed by atoms with van der Waals surface area (Å²) in [6.45, 7) is 3.62. The Hall–Kier alpha value is -0.360. The van der Waals surface area contributed by atoms with Gasteiger partial charge in [0.25, 0.3) is 0 Å². The number of ether oxygens (including phenoxy) is 5. The van der Waals surface area contributed by atoms with Gasteiger partial charge in [-0.05, 0) is 11.8 Å². The summed E-state index contributed by atoms with van der Waals surface area (Å²) in [5, 5.41) is 0.0106. The number of methoxy groups -OCH3 is 2. The van der Waals surface area contributed by atoms with Crippen molar-refractivity contribution in [1.82, 2.24) is 0 Å². The monoisotopic (exact) mass is 540 g/mol. The van der Waals surface area contributed by atoms with E-state index in [1.807, 2.05) is 29.6 Å². The van der Waals surface area contributed by atoms with Crippen LogP contribution in [-0.2, 0) is 33.3 Å². The minimum absolute atomic E-state index is 0.00179. The Bertz CT molecular complexity index is 592. The first-order valence-corrected chi connectivity index (χ1v) is 13.1. The van der Waals surface area contributed by atoms with E-state index in [-0.39, 0.29) is 24.3 Å². The second-order valence-electron chi connectivity index (χ2n) is 7.41. The van der Waals surface area contributed by atoms with E-state index in [0.717, 1.165) is 0 Å². The maximum atomic E-state index is 12.7. The lowest BCUT2D eigenvalue weighted by atomic mass is 9.84. The lowest BCUT2D eigenvalue weighted by molar-refractivity contribution is -0.178. The number of halogens is 1. The highest BCUT2D eigenvalue weighted by Crippen LogP contribution is 2.33. The highest BCUT2D eigenvalue weighted by Gasteiger charge is 2.34. The zero-order valence-corrected chi connectivity index (χ0v) is 21.8. The molecule has 1 rings (SSSR count). The third kappa shape index (κ3) is 12.5. The molecule has 0 radical (unpaired) electrons. The maximum absolute atomic E-state index is 12.7. The molecule has 0 aromatic carbocycles. The molecule has 7 nitrogen and oxygen atoms in total. The van der Waals surface area contributed by atoms with Gasteiger partial charge in [0.1, 0.15) is 25.0 Å². The number of ketones is 1. The molecule has 0 aromatic rings. The van der Waals surface area contributed by atoms with Gasteiger partial charge in [-0.25, -0.2) is 0 Å². The SMILES string of the molecule is COCO[C@@H](CC(C)(C)/C=C/C=C/C1SCCS1)[C@H](OCOC)C(=O)COC(=O)CBr. The molecule has 0 saturated carbocycles. The molecule has 0 spiro atoms. The van der Waals surface area contributed by atoms with Gasteiger partial charge in [-0.3, -0.25) is 9.59 Å². The van der Waals surface area contributed by atoms with Gasteiger partial charge < -0.3 is 23.7 Å². The minimum atomic E-state index is -0.965. The van der Waals surface area contributed by atoms with Crippen LogP contribution in [0.5, 0.6) is 0 Å². The fourth-order valence-corrected chi connectivity index (χ4v) is 5.54. The average molecular weight is 542 g/mol. The number of hydrogen-bond donors (Lipinski definition) is 0. The van der Waals surface area contributed by atoms with E-state index in [0.29, 0.717) is 11.0 Å². The van der Waals surface area contributed by atoms with E-state index in [4.69, 9.17) is 23.7 Å². The first-order valence-electron chi connectivity index (χ1n) is 9.87. The predicted octanol–water partition coefficient (Wildman–Crippen LogP) is 3.81. The molecule has 0 unspecified atom stereocenters. The van der Waals surface area contributed by atoms with E-state index < -0.39 is 30.6 Å². The molecule has 2 atom stereocenters. The topological polar surface area (TPSA) is 80.3 Å². The number of alkyl halides is 1. The van der Waals surface area contributed by atoms with Gasteiger partial charge in [-0.15, -0.1) is 23.5 Å². The van der Waals surface area contributed by atoms with Crippen LogP contribution in [0.1, 0.15) is 20.3 Å². The van der Waals surface area contributed by atoms with Crippen LogP contribution in [0.4, 0.5) is 0 Å². The van der Waals surface area contributed by atoms with Crippen molar-refractivity contribution in [3.05, 3.63) is 24.3 Å². The molecule has 0 N–H and O–H groups in total. The molecule has 0 aromatic heterocycles. The molecule has 1 aliphatic heterocycles. The normalized spacial score (nSPS) is 17.5. The third-order valence-corrected chi connectivity index (χ3v) is 7.59. The van der Waals surface area contributed by atoms with E-state index >= 15 is 0 Å². The van der Waals surface area contributed by atoms with Gasteiger partial charge in [0, 0.05) is 25.7 Å². The smallest absolute Gasteiger partial charge is 0.316 e. The fourth-order valence-electron chi connectivity index (χ4n) is 2.78. The van der Waals surface area contributed by atoms with Crippen LogP contribution in [0.2, 0.25) is 0 Å². The lowest BCUT2D eigenvalue weighted by Crippen LogP contribution is -2.43. The van der Waals surface area contributed by atoms with Crippen LogP contribution in [0.15, 0.2) is 24.3 Å². The van der Waals surface area contributed by atoms with Crippen LogP contribution < -0.4 is 0 Å². The second kappa shape index (κ2) is 16.3. The maximum Gasteiger partial charge on any atom is 0.316 e. The first-order chi connectivity index (χ1) is 14.8. The Labute approximate surface area is 202 Å². The van der Waals surface area contributed by atoms with Gasteiger partial charge in [0.15, 0.2) is 6.61 Å². The Morgan fingerprint density at radius 1 is 1.10 bits per heavy atom. The van der Waals surface area contributed by atoms with Crippen molar-refractivity contribution < 1.29 is 33.3 Å². The summed E-state index contributed by atoms with van der Waals surface area (Å²) in [5.41, 5.74) is -0.291. The highest BCUT2D eigenvalue weighted by atomic mass is 79.9. The van der Waals surface area contributed by atoms with Gasteiger partial charge in [0.2, 0.25) is 5.78 Å². The summed E-state index contributed by atoms with van der Waals surface area (Å²) in [4.78, 5) is 24.1. The zero-order valence-electron chi connectivity index (χ0n) is 18.5. The summed E-state index contributed by atoms with van der Waals surface area (Å²) in [6.07, 6.45) is 7.27. The Morgan fingerprint density at radius 3 is 2.35 bits per heavy atom. The first kappa shape index (κ1) is 28.7. The molecule has 1 aliphatic rings. The van der Waals surface area contributed by atoms with E-state index in [1.54, 1.807) is 0 Å². The van der Waals surface area contributed by atoms with Crippen molar-refractivity contribution in [2.75, 3.05) is 51.2 Å². The van der Waals surface area contributed by atoms with E-state index in [9.17, 15) is 9.59 Å². The highest BCUT2D eigenvalue weighted by molar-refractivity contribution is 9.09. The summed E-state index contributed by atoms with van der Waals surface area (Å²) in [7, 11) is 2.98. The molecule has 10 heteroatoms. The molecule has 0 aliphatic carbocycles. The minimum Gasteiger partial charge on any atom is -0.457 e. The molecule has 0 amide bonds. The molecule has 1 fully saturated rings. The van der Waals surface area contributed by atoms with Gasteiger partial charge >= 0.3 is 5.97 Å². The summed E-state index contributed by atoms with van der Waals surface area (Å²) < 4.78 is 26.9. The second-order valence-corrected chi connectivity index (χ2v) is 10.8. The molecular formula is C21H33BrO7S2. The Morgan fingerprint density at radius 2 is 1.74 bits per heavy atom. The largest absolute Gasteiger partial charge is 0.457 e. The molecule has 1 heterocycles. The van der Waals surface area contributed by atoms with Gasteiger partial charge in [0.05, 0.1) is 10.7 Å². The predicted molar refractivity (Wildman–Crippen MR) is 129 cm³/mol. The fraction of sp³-hybridized carbons (Fsp3) is 0.714. The van der Waals surface area contributed by atoms with Crippen LogP contribution in [0.3, 0.4) is 0 Å². The molecule has 178 valence electrons. The van der Waals surface area contributed by atoms with Crippen molar-refractivity contribution in [3.63, 3.8) is 0 Å². The summed E-state index contributed by atoms with van der Waals surface area (Å²) in [5.74, 6) is 1.45. The van der Waals surface area contributed by atoms with Crippen molar-refractivity contribution in [3.8, 4) is 0 Å². The molecular weight excluding hydrogens is 508 g/mol. The van der Waals surface area contributed by atoms with Gasteiger partial charge in [-0.1, -0.05) is 54.1 Å². The molecule has 1 saturated heterocycles. The number of allylic oxidation sites excluding steroid dienone is 3. The van der Waals surface area contributed by atoms with Crippen molar-refractivity contribution in [2.45, 2.75) is 37.1 Å². The van der Waals surface area contributed by atoms with E-state index in [1.165, 1.54) is 25.7 Å². The Kier molecular flexibility index (Phi) is 15.1. The molecule has 0 bridgehead atoms. The van der Waals surface area contributed by atoms with Crippen LogP contribution >= 0.6 is 39.5 Å². The van der Waals surface area contributed by atoms with Crippen molar-refractivity contribution in [1.29, 1.82) is 0 Å². The number of carbonyl (C=O) groups is 2. The van der Waals surface area contributed by atoms with Crippen LogP contribution in [0.25, 0.3) is 0 Å². The number of rotatable bonds is 16. The number of hydrogen-bond acceptors (Lipinski definition) is 9. The number of Topliss-reactive ketones (excluding diaryl/α,β-unsaturated/α-hetero) is 1. The number of thioether (sulfide) groups is 2. The van der Waals surface area contributed by atoms with Crippen LogP contribution in [-0.4, -0.2) is 79.8 Å². The lowest BCUT2D eigenvalue weighted by Gasteiger charge is -2.31. The summed E-state index contributed by atoms with van der Waals surface area (Å²) in [6, 6.07) is 0. The standard InChI is InChI=1S/C21H33BrO7S2/c1-21(2,8-6-5-7-19-30-9-10-31-19)11-17(28-14-25-3)20(29-15-26-4)16(23)13-27-18(24)12-22/h5-8,17,19-20H,9-15H2,1-4H3/b7-5+,8-6+/t17-,20+/m0/s1. The van der Waals surface area contributed by atoms with E-state index in [2.05, 4.69) is 48.0 Å². The zero-order chi connectivity index (χ0) is 23.1. The Balaban J connectivity index is 2.84. The average Bonchev–Trinajstić information content (AvgIpc) is 3.26. The van der Waals surface area contributed by atoms with Crippen molar-refractivity contribution in [2.24, 2.45) is 5.41 Å². The van der Waals surface area contributed by atoms with Gasteiger partial charge in [-0.2, -0.15) is 0 Å². The quantitative estimate of drug-likeness (QED) is 0.125. The van der Waals surface area contributed by atoms with Crippen LogP contribution in [0, 0.1) is 5.41 Å². The molecule has 31 heavy (non-hydrogen) atoms. The number of esters is 1. The summed E-state index contributed by atoms with van der Waals surface area (Å²) >= 11 is 6.90.